The molecule has 0 aliphatic heterocycles. The van der Waals surface area contributed by atoms with E-state index in [2.05, 4.69) is 33.8 Å². The molecular formula is C10H17Cl2Zr. The molecule has 0 amide bonds. The molecule has 1 aliphatic rings. The first-order chi connectivity index (χ1) is 4.93. The summed E-state index contributed by atoms with van der Waals surface area (Å²) >= 11 is 1.58. The van der Waals surface area contributed by atoms with E-state index in [9.17, 15) is 0 Å². The number of hydrogen-bond acceptors (Lipinski definition) is 0. The fourth-order valence-electron chi connectivity index (χ4n) is 1.54. The normalized spacial score (nSPS) is 16.1. The quantitative estimate of drug-likeness (QED) is 0.633. The first-order valence-corrected chi connectivity index (χ1v) is 5.28. The van der Waals surface area contributed by atoms with Crippen LogP contribution in [0.3, 0.4) is 0 Å². The molecule has 0 spiro atoms. The van der Waals surface area contributed by atoms with E-state index in [1.807, 2.05) is 0 Å². The van der Waals surface area contributed by atoms with Crippen LogP contribution in [0.1, 0.15) is 34.1 Å². The van der Waals surface area contributed by atoms with Gasteiger partial charge in [0.25, 0.3) is 0 Å². The zero-order valence-electron chi connectivity index (χ0n) is 8.60. The third-order valence-electron chi connectivity index (χ3n) is 2.17. The van der Waals surface area contributed by atoms with Crippen molar-refractivity contribution in [1.29, 1.82) is 0 Å². The summed E-state index contributed by atoms with van der Waals surface area (Å²) in [6, 6.07) is 0. The van der Waals surface area contributed by atoms with Gasteiger partial charge in [-0.25, -0.2) is 0 Å². The molecule has 13 heavy (non-hydrogen) atoms. The van der Waals surface area contributed by atoms with Crippen LogP contribution in [0.5, 0.6) is 0 Å². The van der Waals surface area contributed by atoms with Gasteiger partial charge in [-0.05, 0) is 0 Å². The standard InChI is InChI=1S/C10H15.2ClH.Zr/c1-8-6-5-7-9(8)10(2,3)4;;;/h7H,5H2,1-4H3;2*1H;. The maximum absolute atomic E-state index is 2.39. The molecule has 0 radical (unpaired) electrons. The largest absolute Gasteiger partial charge is 0.147 e. The van der Waals surface area contributed by atoms with Crippen LogP contribution in [0.15, 0.2) is 20.5 Å². The van der Waals surface area contributed by atoms with E-state index in [4.69, 9.17) is 0 Å². The number of rotatable bonds is 0. The smallest absolute Gasteiger partial charge is 0.147 e. The predicted octanol–water partition coefficient (Wildman–Crippen LogP) is 4.03. The van der Waals surface area contributed by atoms with Crippen LogP contribution < -0.4 is 0 Å². The fourth-order valence-corrected chi connectivity index (χ4v) is 2.12. The number of halogens is 2. The summed E-state index contributed by atoms with van der Waals surface area (Å²) in [6.45, 7) is 9.12. The number of allylic oxidation sites excluding steroid dienone is 4. The summed E-state index contributed by atoms with van der Waals surface area (Å²) in [7, 11) is 0. The first kappa shape index (κ1) is 16.4. The zero-order chi connectivity index (χ0) is 8.65. The summed E-state index contributed by atoms with van der Waals surface area (Å²) in [5, 5.41) is 0. The van der Waals surface area contributed by atoms with Crippen molar-refractivity contribution in [2.75, 3.05) is 0 Å². The van der Waals surface area contributed by atoms with Crippen LogP contribution in [-0.4, -0.2) is 0 Å². The molecule has 3 heteroatoms. The van der Waals surface area contributed by atoms with Crippen LogP contribution in [0.25, 0.3) is 0 Å². The van der Waals surface area contributed by atoms with Crippen molar-refractivity contribution in [2.24, 2.45) is 5.41 Å². The molecule has 0 heterocycles. The fraction of sp³-hybridized carbons (Fsp3) is 0.600. The molecule has 1 aliphatic carbocycles. The minimum absolute atomic E-state index is 0. The molecule has 0 nitrogen and oxygen atoms in total. The molecule has 0 bridgehead atoms. The van der Waals surface area contributed by atoms with Crippen molar-refractivity contribution in [3.63, 3.8) is 0 Å². The maximum Gasteiger partial charge on any atom is -0.147 e. The third kappa shape index (κ3) is 3.90. The van der Waals surface area contributed by atoms with Gasteiger partial charge >= 0.3 is 84.8 Å². The Morgan fingerprint density at radius 2 is 1.69 bits per heavy atom. The Morgan fingerprint density at radius 1 is 1.23 bits per heavy atom. The monoisotopic (exact) mass is 297 g/mol. The zero-order valence-corrected chi connectivity index (χ0v) is 12.7. The van der Waals surface area contributed by atoms with Crippen molar-refractivity contribution in [3.05, 3.63) is 20.5 Å². The van der Waals surface area contributed by atoms with E-state index in [1.165, 1.54) is 6.42 Å². The Morgan fingerprint density at radius 3 is 1.85 bits per heavy atom. The Labute approximate surface area is 109 Å². The van der Waals surface area contributed by atoms with Crippen LogP contribution >= 0.6 is 24.8 Å². The van der Waals surface area contributed by atoms with Crippen molar-refractivity contribution in [3.8, 4) is 0 Å². The summed E-state index contributed by atoms with van der Waals surface area (Å²) < 4.78 is 1.63. The SMILES string of the molecule is CC1=[C]([Zr])CC=C1C(C)(C)C.Cl.Cl. The van der Waals surface area contributed by atoms with Crippen molar-refractivity contribution in [1.82, 2.24) is 0 Å². The molecular weight excluding hydrogens is 282 g/mol. The molecule has 0 aromatic heterocycles. The van der Waals surface area contributed by atoms with Gasteiger partial charge in [0.1, 0.15) is 0 Å². The summed E-state index contributed by atoms with van der Waals surface area (Å²) in [6.07, 6.45) is 3.59. The summed E-state index contributed by atoms with van der Waals surface area (Å²) in [4.78, 5) is 0. The van der Waals surface area contributed by atoms with E-state index < -0.39 is 0 Å². The number of hydrogen-bond donors (Lipinski definition) is 0. The first-order valence-electron chi connectivity index (χ1n) is 4.05. The molecule has 0 fully saturated rings. The second-order valence-electron chi connectivity index (χ2n) is 4.18. The van der Waals surface area contributed by atoms with Crippen molar-refractivity contribution < 1.29 is 24.7 Å². The molecule has 75 valence electrons. The van der Waals surface area contributed by atoms with Gasteiger partial charge in [0.15, 0.2) is 0 Å². The molecule has 0 saturated carbocycles. The van der Waals surface area contributed by atoms with Gasteiger partial charge in [-0.15, -0.1) is 24.8 Å². The minimum atomic E-state index is 0. The maximum atomic E-state index is 2.39. The molecule has 0 saturated heterocycles. The van der Waals surface area contributed by atoms with Crippen molar-refractivity contribution in [2.45, 2.75) is 34.1 Å². The Kier molecular flexibility index (Phi) is 7.22. The van der Waals surface area contributed by atoms with Crippen LogP contribution in [0.2, 0.25) is 0 Å². The van der Waals surface area contributed by atoms with Gasteiger partial charge in [-0.1, -0.05) is 0 Å². The van der Waals surface area contributed by atoms with Gasteiger partial charge in [-0.3, -0.25) is 0 Å². The van der Waals surface area contributed by atoms with E-state index >= 15 is 0 Å². The van der Waals surface area contributed by atoms with E-state index in [-0.39, 0.29) is 24.8 Å². The molecule has 0 unspecified atom stereocenters. The van der Waals surface area contributed by atoms with Crippen molar-refractivity contribution >= 4 is 24.8 Å². The Balaban J connectivity index is 0. The second-order valence-corrected chi connectivity index (χ2v) is 5.66. The topological polar surface area (TPSA) is 0 Å². The summed E-state index contributed by atoms with van der Waals surface area (Å²) in [5.41, 5.74) is 3.46. The van der Waals surface area contributed by atoms with Crippen LogP contribution in [0.4, 0.5) is 0 Å². The Bertz CT molecular complexity index is 234. The molecule has 1 rings (SSSR count). The van der Waals surface area contributed by atoms with E-state index in [0.717, 1.165) is 0 Å². The Hall–Kier alpha value is 0.943. The predicted molar refractivity (Wildman–Crippen MR) is 59.4 cm³/mol. The molecule has 0 aromatic rings. The van der Waals surface area contributed by atoms with Gasteiger partial charge in [0.2, 0.25) is 0 Å². The van der Waals surface area contributed by atoms with Gasteiger partial charge in [0.05, 0.1) is 0 Å². The van der Waals surface area contributed by atoms with Crippen LogP contribution in [-0.2, 0) is 24.7 Å². The van der Waals surface area contributed by atoms with Gasteiger partial charge < -0.3 is 0 Å². The third-order valence-corrected chi connectivity index (χ3v) is 3.60. The molecule has 0 atom stereocenters. The van der Waals surface area contributed by atoms with E-state index in [0.29, 0.717) is 5.41 Å². The summed E-state index contributed by atoms with van der Waals surface area (Å²) in [5.74, 6) is 0. The second kappa shape index (κ2) is 5.73. The van der Waals surface area contributed by atoms with E-state index in [1.54, 1.807) is 39.1 Å². The van der Waals surface area contributed by atoms with Gasteiger partial charge in [-0.2, -0.15) is 0 Å². The van der Waals surface area contributed by atoms with Crippen LogP contribution in [0, 0.1) is 5.41 Å². The average molecular weight is 299 g/mol. The minimum Gasteiger partial charge on any atom is -0.147 e. The van der Waals surface area contributed by atoms with Gasteiger partial charge in [0, 0.05) is 0 Å². The molecule has 0 aromatic carbocycles. The molecule has 0 N–H and O–H groups in total. The average Bonchev–Trinajstić information content (AvgIpc) is 2.11.